The van der Waals surface area contributed by atoms with Crippen molar-refractivity contribution in [3.05, 3.63) is 0 Å². The SMILES string of the molecule is COCCS(=O)(=O)N1CCC(C#N)CC1. The molecule has 0 bridgehead atoms. The van der Waals surface area contributed by atoms with E-state index in [1.165, 1.54) is 11.4 Å². The Balaban J connectivity index is 2.49. The first kappa shape index (κ1) is 12.4. The maximum atomic E-state index is 11.7. The van der Waals surface area contributed by atoms with Crippen LogP contribution in [0.15, 0.2) is 0 Å². The standard InChI is InChI=1S/C9H16N2O3S/c1-14-6-7-15(12,13)11-4-2-9(8-10)3-5-11/h9H,2-7H2,1H3. The third kappa shape index (κ3) is 3.45. The molecule has 15 heavy (non-hydrogen) atoms. The van der Waals surface area contributed by atoms with Gasteiger partial charge in [-0.1, -0.05) is 0 Å². The zero-order valence-electron chi connectivity index (χ0n) is 8.85. The first-order chi connectivity index (χ1) is 7.10. The lowest BCUT2D eigenvalue weighted by Crippen LogP contribution is -2.40. The minimum Gasteiger partial charge on any atom is -0.384 e. The van der Waals surface area contributed by atoms with Crippen molar-refractivity contribution in [1.82, 2.24) is 4.31 Å². The number of nitriles is 1. The Hall–Kier alpha value is -0.640. The molecule has 1 heterocycles. The molecule has 0 aliphatic carbocycles. The van der Waals surface area contributed by atoms with E-state index in [4.69, 9.17) is 10.00 Å². The average Bonchev–Trinajstić information content (AvgIpc) is 2.26. The summed E-state index contributed by atoms with van der Waals surface area (Å²) in [6.07, 6.45) is 1.28. The van der Waals surface area contributed by atoms with Gasteiger partial charge in [0.25, 0.3) is 0 Å². The summed E-state index contributed by atoms with van der Waals surface area (Å²) in [5.74, 6) is 0.0413. The van der Waals surface area contributed by atoms with Crippen LogP contribution >= 0.6 is 0 Å². The summed E-state index contributed by atoms with van der Waals surface area (Å²) in [7, 11) is -1.69. The maximum absolute atomic E-state index is 11.7. The van der Waals surface area contributed by atoms with Gasteiger partial charge in [-0.05, 0) is 12.8 Å². The highest BCUT2D eigenvalue weighted by atomic mass is 32.2. The second kappa shape index (κ2) is 5.45. The first-order valence-electron chi connectivity index (χ1n) is 4.96. The van der Waals surface area contributed by atoms with Crippen molar-refractivity contribution in [3.8, 4) is 6.07 Å². The molecule has 0 N–H and O–H groups in total. The molecule has 0 unspecified atom stereocenters. The van der Waals surface area contributed by atoms with Gasteiger partial charge in [-0.3, -0.25) is 0 Å². The summed E-state index contributed by atoms with van der Waals surface area (Å²) in [5.41, 5.74) is 0. The van der Waals surface area contributed by atoms with Crippen molar-refractivity contribution in [2.75, 3.05) is 32.6 Å². The highest BCUT2D eigenvalue weighted by Crippen LogP contribution is 2.18. The molecule has 86 valence electrons. The van der Waals surface area contributed by atoms with Crippen LogP contribution < -0.4 is 0 Å². The van der Waals surface area contributed by atoms with Crippen molar-refractivity contribution in [2.45, 2.75) is 12.8 Å². The van der Waals surface area contributed by atoms with Gasteiger partial charge in [-0.15, -0.1) is 0 Å². The molecule has 1 saturated heterocycles. The molecule has 0 aromatic heterocycles. The van der Waals surface area contributed by atoms with E-state index in [0.29, 0.717) is 25.9 Å². The number of piperidine rings is 1. The lowest BCUT2D eigenvalue weighted by atomic mass is 10.0. The minimum atomic E-state index is -3.18. The number of rotatable bonds is 4. The van der Waals surface area contributed by atoms with Crippen LogP contribution in [0.5, 0.6) is 0 Å². The molecular weight excluding hydrogens is 216 g/mol. The Morgan fingerprint density at radius 1 is 1.47 bits per heavy atom. The van der Waals surface area contributed by atoms with Gasteiger partial charge in [0.1, 0.15) is 0 Å². The van der Waals surface area contributed by atoms with Crippen molar-refractivity contribution in [2.24, 2.45) is 5.92 Å². The molecule has 6 heteroatoms. The predicted octanol–water partition coefficient (Wildman–Crippen LogP) is 0.198. The summed E-state index contributed by atoms with van der Waals surface area (Å²) in [6.45, 7) is 1.15. The van der Waals surface area contributed by atoms with E-state index >= 15 is 0 Å². The zero-order chi connectivity index (χ0) is 11.3. The molecule has 1 fully saturated rings. The number of hydrogen-bond donors (Lipinski definition) is 0. The maximum Gasteiger partial charge on any atom is 0.216 e. The fourth-order valence-electron chi connectivity index (χ4n) is 1.58. The Bertz CT molecular complexity index is 326. The van der Waals surface area contributed by atoms with E-state index in [0.717, 1.165) is 0 Å². The van der Waals surface area contributed by atoms with E-state index in [2.05, 4.69) is 6.07 Å². The third-order valence-electron chi connectivity index (χ3n) is 2.58. The molecule has 0 atom stereocenters. The lowest BCUT2D eigenvalue weighted by molar-refractivity contribution is 0.214. The summed E-state index contributed by atoms with van der Waals surface area (Å²) in [5, 5.41) is 8.68. The van der Waals surface area contributed by atoms with E-state index in [-0.39, 0.29) is 18.3 Å². The van der Waals surface area contributed by atoms with Gasteiger partial charge in [0.15, 0.2) is 0 Å². The normalized spacial score (nSPS) is 20.0. The molecule has 0 spiro atoms. The zero-order valence-corrected chi connectivity index (χ0v) is 9.66. The van der Waals surface area contributed by atoms with Crippen molar-refractivity contribution in [3.63, 3.8) is 0 Å². The Labute approximate surface area is 90.7 Å². The number of ether oxygens (including phenoxy) is 1. The summed E-state index contributed by atoms with van der Waals surface area (Å²) in [4.78, 5) is 0. The molecule has 1 rings (SSSR count). The quantitative estimate of drug-likeness (QED) is 0.694. The van der Waals surface area contributed by atoms with Crippen LogP contribution in [0.3, 0.4) is 0 Å². The Kier molecular flexibility index (Phi) is 4.51. The van der Waals surface area contributed by atoms with Crippen molar-refractivity contribution >= 4 is 10.0 Å². The van der Waals surface area contributed by atoms with Crippen molar-refractivity contribution in [1.29, 1.82) is 5.26 Å². The summed E-state index contributed by atoms with van der Waals surface area (Å²) < 4.78 is 29.6. The number of methoxy groups -OCH3 is 1. The predicted molar refractivity (Wildman–Crippen MR) is 55.6 cm³/mol. The molecule has 0 saturated carbocycles. The highest BCUT2D eigenvalue weighted by Gasteiger charge is 2.27. The van der Waals surface area contributed by atoms with Crippen LogP contribution in [0.1, 0.15) is 12.8 Å². The number of hydrogen-bond acceptors (Lipinski definition) is 4. The molecule has 5 nitrogen and oxygen atoms in total. The van der Waals surface area contributed by atoms with Gasteiger partial charge in [0.05, 0.1) is 18.4 Å². The fourth-order valence-corrected chi connectivity index (χ4v) is 2.98. The van der Waals surface area contributed by atoms with E-state index < -0.39 is 10.0 Å². The van der Waals surface area contributed by atoms with Crippen LogP contribution in [-0.4, -0.2) is 45.3 Å². The first-order valence-corrected chi connectivity index (χ1v) is 6.57. The largest absolute Gasteiger partial charge is 0.384 e. The smallest absolute Gasteiger partial charge is 0.216 e. The van der Waals surface area contributed by atoms with Gasteiger partial charge in [-0.2, -0.15) is 5.26 Å². The molecule has 0 radical (unpaired) electrons. The molecule has 0 amide bonds. The Morgan fingerprint density at radius 3 is 2.53 bits per heavy atom. The second-order valence-corrected chi connectivity index (χ2v) is 5.70. The van der Waals surface area contributed by atoms with Crippen LogP contribution in [0.25, 0.3) is 0 Å². The molecule has 1 aliphatic heterocycles. The van der Waals surface area contributed by atoms with Gasteiger partial charge < -0.3 is 4.74 Å². The third-order valence-corrected chi connectivity index (χ3v) is 4.41. The van der Waals surface area contributed by atoms with E-state index in [1.54, 1.807) is 0 Å². The van der Waals surface area contributed by atoms with E-state index in [9.17, 15) is 8.42 Å². The lowest BCUT2D eigenvalue weighted by Gasteiger charge is -2.28. The number of nitrogens with zero attached hydrogens (tertiary/aromatic N) is 2. The summed E-state index contributed by atoms with van der Waals surface area (Å²) in [6, 6.07) is 2.17. The van der Waals surface area contributed by atoms with Crippen LogP contribution in [0.2, 0.25) is 0 Å². The second-order valence-electron chi connectivity index (χ2n) is 3.61. The molecular formula is C9H16N2O3S. The van der Waals surface area contributed by atoms with E-state index in [1.807, 2.05) is 0 Å². The molecule has 0 aromatic rings. The van der Waals surface area contributed by atoms with Crippen LogP contribution in [-0.2, 0) is 14.8 Å². The number of sulfonamides is 1. The van der Waals surface area contributed by atoms with Gasteiger partial charge in [0, 0.05) is 26.1 Å². The minimum absolute atomic E-state index is 0.0128. The van der Waals surface area contributed by atoms with Gasteiger partial charge >= 0.3 is 0 Å². The van der Waals surface area contributed by atoms with Gasteiger partial charge in [-0.25, -0.2) is 12.7 Å². The van der Waals surface area contributed by atoms with Crippen LogP contribution in [0.4, 0.5) is 0 Å². The topological polar surface area (TPSA) is 70.4 Å². The highest BCUT2D eigenvalue weighted by molar-refractivity contribution is 7.89. The molecule has 1 aliphatic rings. The monoisotopic (exact) mass is 232 g/mol. The van der Waals surface area contributed by atoms with Gasteiger partial charge in [0.2, 0.25) is 10.0 Å². The fraction of sp³-hybridized carbons (Fsp3) is 0.889. The average molecular weight is 232 g/mol. The summed E-state index contributed by atoms with van der Waals surface area (Å²) >= 11 is 0. The Morgan fingerprint density at radius 2 is 2.07 bits per heavy atom. The molecule has 0 aromatic carbocycles. The van der Waals surface area contributed by atoms with Crippen LogP contribution in [0, 0.1) is 17.2 Å². The van der Waals surface area contributed by atoms with Crippen molar-refractivity contribution < 1.29 is 13.2 Å².